The van der Waals surface area contributed by atoms with Crippen molar-refractivity contribution in [1.29, 1.82) is 0 Å². The number of carbonyl (C=O) groups excluding carboxylic acids is 1. The van der Waals surface area contributed by atoms with Gasteiger partial charge in [0.15, 0.2) is 0 Å². The molecule has 0 unspecified atom stereocenters. The van der Waals surface area contributed by atoms with E-state index in [0.717, 1.165) is 5.39 Å². The molecule has 216 valence electrons. The summed E-state index contributed by atoms with van der Waals surface area (Å²) in [5, 5.41) is 14.3. The number of carboxylic acids is 1. The predicted molar refractivity (Wildman–Crippen MR) is 139 cm³/mol. The lowest BCUT2D eigenvalue weighted by Gasteiger charge is -2.14. The fraction of sp³-hybridized carbons (Fsp3) is 0.217. The lowest BCUT2D eigenvalue weighted by Crippen LogP contribution is -2.36. The average Bonchev–Trinajstić information content (AvgIpc) is 2.87. The Hall–Kier alpha value is -4.80. The number of rotatable bonds is 9. The third-order valence-electron chi connectivity index (χ3n) is 4.91. The van der Waals surface area contributed by atoms with E-state index >= 15 is 0 Å². The van der Waals surface area contributed by atoms with Gasteiger partial charge in [-0.2, -0.15) is 13.2 Å². The number of halogens is 3. The molecule has 1 amide bonds. The number of aliphatic carboxylic acids is 1. The van der Waals surface area contributed by atoms with Gasteiger partial charge in [0.25, 0.3) is 15.6 Å². The molecule has 17 heteroatoms. The fourth-order valence-electron chi connectivity index (χ4n) is 3.13. The molecule has 0 aliphatic carbocycles. The minimum Gasteiger partial charge on any atom is -0.475 e. The minimum absolute atomic E-state index is 0.0302. The van der Waals surface area contributed by atoms with Gasteiger partial charge in [-0.15, -0.1) is 0 Å². The smallest absolute Gasteiger partial charge is 0.475 e. The molecule has 0 aliphatic rings. The standard InChI is InChI=1S/C21H24N6O5S.C2HF3O2/c1-14-9-10-17(20(29)27(14)13-19(28)24-11-12-32-25-21(22)23)26-33(30,31)18-8-4-6-15-5-2-3-7-16(15)18;3-2(4,5)1(6)7/h2-10,26H,11-13H2,1H3,(H,24,28)(H4,22,23,25);(H,6,7). The number of anilines is 1. The van der Waals surface area contributed by atoms with Gasteiger partial charge in [-0.25, -0.2) is 13.2 Å². The molecule has 0 radical (unpaired) electrons. The van der Waals surface area contributed by atoms with E-state index in [-0.39, 0.29) is 36.2 Å². The molecule has 3 rings (SSSR count). The van der Waals surface area contributed by atoms with Gasteiger partial charge in [0.05, 0.1) is 11.4 Å². The summed E-state index contributed by atoms with van der Waals surface area (Å²) in [7, 11) is -4.06. The van der Waals surface area contributed by atoms with E-state index in [9.17, 15) is 31.2 Å². The Kier molecular flexibility index (Phi) is 10.5. The van der Waals surface area contributed by atoms with Gasteiger partial charge in [-0.3, -0.25) is 14.3 Å². The van der Waals surface area contributed by atoms with Crippen molar-refractivity contribution >= 4 is 44.3 Å². The summed E-state index contributed by atoms with van der Waals surface area (Å²) in [6, 6.07) is 14.9. The topological polar surface area (TPSA) is 208 Å². The summed E-state index contributed by atoms with van der Waals surface area (Å²) in [5.41, 5.74) is 9.91. The number of alkyl halides is 3. The first-order valence-electron chi connectivity index (χ1n) is 11.1. The van der Waals surface area contributed by atoms with Crippen molar-refractivity contribution in [3.63, 3.8) is 0 Å². The highest BCUT2D eigenvalue weighted by Gasteiger charge is 2.38. The molecular formula is C23H25F3N6O7S. The number of oxime groups is 1. The second-order valence-corrected chi connectivity index (χ2v) is 9.52. The first-order valence-corrected chi connectivity index (χ1v) is 12.6. The number of aryl methyl sites for hydroxylation is 1. The third kappa shape index (κ3) is 8.90. The quantitative estimate of drug-likeness (QED) is 0.105. The van der Waals surface area contributed by atoms with Crippen molar-refractivity contribution in [3.8, 4) is 0 Å². The van der Waals surface area contributed by atoms with Crippen LogP contribution in [0.3, 0.4) is 0 Å². The van der Waals surface area contributed by atoms with Crippen LogP contribution in [0.1, 0.15) is 5.69 Å². The van der Waals surface area contributed by atoms with Crippen LogP contribution in [0.2, 0.25) is 0 Å². The maximum atomic E-state index is 13.1. The van der Waals surface area contributed by atoms with Crippen LogP contribution in [0.4, 0.5) is 18.9 Å². The van der Waals surface area contributed by atoms with Gasteiger partial charge in [0.1, 0.15) is 18.8 Å². The molecule has 40 heavy (non-hydrogen) atoms. The largest absolute Gasteiger partial charge is 0.490 e. The number of carbonyl (C=O) groups is 2. The summed E-state index contributed by atoms with van der Waals surface area (Å²) in [4.78, 5) is 38.9. The van der Waals surface area contributed by atoms with Gasteiger partial charge >= 0.3 is 12.1 Å². The van der Waals surface area contributed by atoms with E-state index in [2.05, 4.69) is 15.2 Å². The molecule has 0 fully saturated rings. The van der Waals surface area contributed by atoms with Crippen LogP contribution in [0.15, 0.2) is 69.4 Å². The zero-order valence-corrected chi connectivity index (χ0v) is 21.6. The summed E-state index contributed by atoms with van der Waals surface area (Å²) >= 11 is 0. The van der Waals surface area contributed by atoms with Crippen molar-refractivity contribution in [2.45, 2.75) is 24.5 Å². The fourth-order valence-corrected chi connectivity index (χ4v) is 4.42. The number of nitrogens with two attached hydrogens (primary N) is 2. The summed E-state index contributed by atoms with van der Waals surface area (Å²) in [6.07, 6.45) is -5.08. The molecule has 13 nitrogen and oxygen atoms in total. The summed E-state index contributed by atoms with van der Waals surface area (Å²) in [6.45, 7) is 1.47. The number of benzene rings is 2. The number of hydrogen-bond acceptors (Lipinski definition) is 7. The lowest BCUT2D eigenvalue weighted by atomic mass is 10.1. The van der Waals surface area contributed by atoms with Crippen LogP contribution in [0.25, 0.3) is 10.8 Å². The van der Waals surface area contributed by atoms with Crippen LogP contribution < -0.4 is 27.1 Å². The number of nitrogens with one attached hydrogen (secondary N) is 2. The Labute approximate surface area is 225 Å². The number of guanidine groups is 1. The average molecular weight is 587 g/mol. The van der Waals surface area contributed by atoms with Crippen molar-refractivity contribution in [3.05, 3.63) is 70.6 Å². The summed E-state index contributed by atoms with van der Waals surface area (Å²) in [5.74, 6) is -3.47. The molecule has 7 N–H and O–H groups in total. The highest BCUT2D eigenvalue weighted by Crippen LogP contribution is 2.24. The zero-order chi connectivity index (χ0) is 30.1. The number of carboxylic acid groups (broad SMARTS) is 1. The molecule has 0 bridgehead atoms. The number of hydrogen-bond donors (Lipinski definition) is 5. The normalized spacial score (nSPS) is 11.1. The molecule has 0 spiro atoms. The maximum Gasteiger partial charge on any atom is 0.490 e. The van der Waals surface area contributed by atoms with E-state index in [1.807, 2.05) is 6.07 Å². The Balaban J connectivity index is 0.000000708. The molecule has 0 atom stereocenters. The van der Waals surface area contributed by atoms with E-state index in [4.69, 9.17) is 26.2 Å². The Morgan fingerprint density at radius 3 is 2.33 bits per heavy atom. The maximum absolute atomic E-state index is 13.1. The third-order valence-corrected chi connectivity index (χ3v) is 6.33. The number of fused-ring (bicyclic) bond motifs is 1. The lowest BCUT2D eigenvalue weighted by molar-refractivity contribution is -0.192. The molecular weight excluding hydrogens is 561 g/mol. The van der Waals surface area contributed by atoms with Gasteiger partial charge < -0.3 is 31.3 Å². The van der Waals surface area contributed by atoms with E-state index in [1.54, 1.807) is 43.3 Å². The first-order chi connectivity index (χ1) is 18.6. The second kappa shape index (κ2) is 13.3. The molecule has 0 saturated heterocycles. The van der Waals surface area contributed by atoms with Crippen molar-refractivity contribution in [2.75, 3.05) is 17.9 Å². The molecule has 3 aromatic rings. The van der Waals surface area contributed by atoms with Gasteiger partial charge in [-0.05, 0) is 35.7 Å². The van der Waals surface area contributed by atoms with Gasteiger partial charge in [0, 0.05) is 11.1 Å². The van der Waals surface area contributed by atoms with Gasteiger partial charge in [-0.1, -0.05) is 36.4 Å². The van der Waals surface area contributed by atoms with E-state index in [0.29, 0.717) is 11.1 Å². The van der Waals surface area contributed by atoms with Crippen molar-refractivity contribution in [2.24, 2.45) is 16.6 Å². The Morgan fingerprint density at radius 1 is 1.07 bits per heavy atom. The van der Waals surface area contributed by atoms with Crippen LogP contribution >= 0.6 is 0 Å². The van der Waals surface area contributed by atoms with Crippen LogP contribution in [-0.2, 0) is 31.0 Å². The molecule has 2 aromatic carbocycles. The van der Waals surface area contributed by atoms with Crippen LogP contribution in [0, 0.1) is 6.92 Å². The Bertz CT molecular complexity index is 1560. The number of amides is 1. The number of aromatic nitrogens is 1. The molecule has 1 aromatic heterocycles. The molecule has 0 saturated carbocycles. The van der Waals surface area contributed by atoms with Gasteiger partial charge in [0.2, 0.25) is 11.9 Å². The van der Waals surface area contributed by atoms with Crippen LogP contribution in [0.5, 0.6) is 0 Å². The predicted octanol–water partition coefficient (Wildman–Crippen LogP) is 1.07. The highest BCUT2D eigenvalue weighted by molar-refractivity contribution is 7.93. The number of pyridine rings is 1. The monoisotopic (exact) mass is 586 g/mol. The second-order valence-electron chi connectivity index (χ2n) is 7.86. The van der Waals surface area contributed by atoms with E-state index < -0.39 is 33.6 Å². The number of nitrogens with zero attached hydrogens (tertiary/aromatic N) is 2. The summed E-state index contributed by atoms with van der Waals surface area (Å²) < 4.78 is 61.4. The van der Waals surface area contributed by atoms with Crippen molar-refractivity contribution in [1.82, 2.24) is 9.88 Å². The number of sulfonamides is 1. The Morgan fingerprint density at radius 2 is 1.70 bits per heavy atom. The zero-order valence-electron chi connectivity index (χ0n) is 20.8. The minimum atomic E-state index is -5.08. The highest BCUT2D eigenvalue weighted by atomic mass is 32.2. The van der Waals surface area contributed by atoms with Crippen molar-refractivity contribution < 1.29 is 41.1 Å². The molecule has 1 heterocycles. The van der Waals surface area contributed by atoms with E-state index in [1.165, 1.54) is 16.7 Å². The first kappa shape index (κ1) is 31.4. The SMILES string of the molecule is Cc1ccc(NS(=O)(=O)c2cccc3ccccc23)c(=O)n1CC(=O)NCCON=C(N)N.O=C(O)C(F)(F)F. The van der Waals surface area contributed by atoms with Crippen LogP contribution in [-0.4, -0.2) is 55.3 Å². The molecule has 0 aliphatic heterocycles.